The average Bonchev–Trinajstić information content (AvgIpc) is 3.04. The average molecular weight is 377 g/mol. The van der Waals surface area contributed by atoms with Crippen LogP contribution in [0.4, 0.5) is 4.79 Å². The molecule has 28 heavy (non-hydrogen) atoms. The van der Waals surface area contributed by atoms with Gasteiger partial charge in [0.15, 0.2) is 0 Å². The van der Waals surface area contributed by atoms with E-state index < -0.39 is 17.7 Å². The van der Waals surface area contributed by atoms with E-state index in [1.165, 1.54) is 11.7 Å². The second-order valence-electron chi connectivity index (χ2n) is 7.36. The van der Waals surface area contributed by atoms with Crippen LogP contribution in [0.3, 0.4) is 0 Å². The SMILES string of the molecule is COC(=O)c1ccccc1/C=C\c1cn(C(=O)OC(C)(C)C)c2ccccc12. The number of carbonyl (C=O) groups is 2. The van der Waals surface area contributed by atoms with Crippen molar-refractivity contribution in [3.8, 4) is 0 Å². The molecule has 0 atom stereocenters. The normalized spacial score (nSPS) is 11.7. The van der Waals surface area contributed by atoms with Gasteiger partial charge in [0.25, 0.3) is 0 Å². The van der Waals surface area contributed by atoms with Crippen LogP contribution in [0, 0.1) is 0 Å². The second kappa shape index (κ2) is 7.72. The van der Waals surface area contributed by atoms with Crippen molar-refractivity contribution in [2.75, 3.05) is 7.11 Å². The zero-order valence-electron chi connectivity index (χ0n) is 16.4. The highest BCUT2D eigenvalue weighted by molar-refractivity contribution is 5.99. The first-order valence-corrected chi connectivity index (χ1v) is 8.99. The minimum atomic E-state index is -0.585. The molecule has 5 heteroatoms. The van der Waals surface area contributed by atoms with Crippen molar-refractivity contribution >= 4 is 35.1 Å². The summed E-state index contributed by atoms with van der Waals surface area (Å²) in [4.78, 5) is 24.6. The smallest absolute Gasteiger partial charge is 0.419 e. The topological polar surface area (TPSA) is 57.5 Å². The maximum absolute atomic E-state index is 12.6. The van der Waals surface area contributed by atoms with Gasteiger partial charge in [0.1, 0.15) is 5.60 Å². The molecule has 0 N–H and O–H groups in total. The van der Waals surface area contributed by atoms with E-state index in [1.54, 1.807) is 18.3 Å². The molecule has 1 heterocycles. The van der Waals surface area contributed by atoms with Crippen LogP contribution < -0.4 is 0 Å². The minimum absolute atomic E-state index is 0.392. The fourth-order valence-corrected chi connectivity index (χ4v) is 2.92. The predicted molar refractivity (Wildman–Crippen MR) is 110 cm³/mol. The molecule has 3 rings (SSSR count). The number of benzene rings is 2. The van der Waals surface area contributed by atoms with Crippen LogP contribution in [0.1, 0.15) is 42.3 Å². The third kappa shape index (κ3) is 4.14. The molecule has 5 nitrogen and oxygen atoms in total. The van der Waals surface area contributed by atoms with Crippen LogP contribution in [-0.2, 0) is 9.47 Å². The van der Waals surface area contributed by atoms with Crippen LogP contribution >= 0.6 is 0 Å². The lowest BCUT2D eigenvalue weighted by molar-refractivity contribution is 0.0542. The largest absolute Gasteiger partial charge is 0.465 e. The summed E-state index contributed by atoms with van der Waals surface area (Å²) < 4.78 is 11.9. The number of hydrogen-bond acceptors (Lipinski definition) is 4. The second-order valence-corrected chi connectivity index (χ2v) is 7.36. The number of esters is 1. The molecule has 0 saturated carbocycles. The highest BCUT2D eigenvalue weighted by Gasteiger charge is 2.20. The monoisotopic (exact) mass is 377 g/mol. The Morgan fingerprint density at radius 3 is 2.29 bits per heavy atom. The number of methoxy groups -OCH3 is 1. The van der Waals surface area contributed by atoms with Crippen LogP contribution in [0.15, 0.2) is 54.7 Å². The maximum atomic E-state index is 12.6. The molecule has 3 aromatic rings. The van der Waals surface area contributed by atoms with Crippen molar-refractivity contribution < 1.29 is 19.1 Å². The van der Waals surface area contributed by atoms with E-state index in [0.717, 1.165) is 22.0 Å². The van der Waals surface area contributed by atoms with Gasteiger partial charge in [-0.2, -0.15) is 0 Å². The summed E-state index contributed by atoms with van der Waals surface area (Å²) >= 11 is 0. The Bertz CT molecular complexity index is 1050. The standard InChI is InChI=1S/C23H23NO4/c1-23(2,3)28-22(26)24-15-17(18-10-7-8-12-20(18)24)14-13-16-9-5-6-11-19(16)21(25)27-4/h5-15H,1-4H3/b14-13-. The highest BCUT2D eigenvalue weighted by atomic mass is 16.6. The van der Waals surface area contributed by atoms with Gasteiger partial charge in [0.2, 0.25) is 0 Å². The number of fused-ring (bicyclic) bond motifs is 1. The van der Waals surface area contributed by atoms with E-state index in [9.17, 15) is 9.59 Å². The molecule has 0 radical (unpaired) electrons. The van der Waals surface area contributed by atoms with Gasteiger partial charge in [-0.1, -0.05) is 48.6 Å². The molecule has 0 aliphatic rings. The number of rotatable bonds is 3. The molecule has 1 aromatic heterocycles. The van der Waals surface area contributed by atoms with Crippen LogP contribution in [0.2, 0.25) is 0 Å². The summed E-state index contributed by atoms with van der Waals surface area (Å²) in [6.45, 7) is 5.50. The van der Waals surface area contributed by atoms with E-state index in [0.29, 0.717) is 5.56 Å². The first-order valence-electron chi connectivity index (χ1n) is 8.99. The summed E-state index contributed by atoms with van der Waals surface area (Å²) in [6, 6.07) is 14.8. The van der Waals surface area contributed by atoms with Crippen LogP contribution in [-0.4, -0.2) is 29.3 Å². The van der Waals surface area contributed by atoms with Crippen molar-refractivity contribution in [2.24, 2.45) is 0 Å². The Hall–Kier alpha value is -3.34. The number of hydrogen-bond donors (Lipinski definition) is 0. The van der Waals surface area contributed by atoms with Gasteiger partial charge in [0, 0.05) is 17.1 Å². The molecule has 0 spiro atoms. The van der Waals surface area contributed by atoms with Gasteiger partial charge in [0.05, 0.1) is 18.2 Å². The lowest BCUT2D eigenvalue weighted by Gasteiger charge is -2.19. The number of aromatic nitrogens is 1. The van der Waals surface area contributed by atoms with Crippen LogP contribution in [0.5, 0.6) is 0 Å². The maximum Gasteiger partial charge on any atom is 0.419 e. The number of nitrogens with zero attached hydrogens (tertiary/aromatic N) is 1. The summed E-state index contributed by atoms with van der Waals surface area (Å²) in [5.41, 5.74) is 2.25. The van der Waals surface area contributed by atoms with Gasteiger partial charge >= 0.3 is 12.1 Å². The van der Waals surface area contributed by atoms with E-state index in [-0.39, 0.29) is 0 Å². The Morgan fingerprint density at radius 2 is 1.57 bits per heavy atom. The van der Waals surface area contributed by atoms with Gasteiger partial charge in [-0.15, -0.1) is 0 Å². The molecule has 0 unspecified atom stereocenters. The minimum Gasteiger partial charge on any atom is -0.465 e. The van der Waals surface area contributed by atoms with E-state index >= 15 is 0 Å². The molecular formula is C23H23NO4. The summed E-state index contributed by atoms with van der Waals surface area (Å²) in [5, 5.41) is 0.917. The van der Waals surface area contributed by atoms with Crippen LogP contribution in [0.25, 0.3) is 23.1 Å². The summed E-state index contributed by atoms with van der Waals surface area (Å²) in [5.74, 6) is -0.392. The molecular weight excluding hydrogens is 354 g/mol. The van der Waals surface area contributed by atoms with Gasteiger partial charge in [-0.3, -0.25) is 4.57 Å². The van der Waals surface area contributed by atoms with Gasteiger partial charge in [-0.05, 0) is 38.5 Å². The van der Waals surface area contributed by atoms with Gasteiger partial charge < -0.3 is 9.47 Å². The van der Waals surface area contributed by atoms with Crippen molar-refractivity contribution in [3.63, 3.8) is 0 Å². The van der Waals surface area contributed by atoms with Gasteiger partial charge in [-0.25, -0.2) is 9.59 Å². The molecule has 144 valence electrons. The Morgan fingerprint density at radius 1 is 0.929 bits per heavy atom. The fraction of sp³-hybridized carbons (Fsp3) is 0.217. The molecule has 0 aliphatic heterocycles. The zero-order chi connectivity index (χ0) is 20.3. The number of carbonyl (C=O) groups excluding carboxylic acids is 2. The highest BCUT2D eigenvalue weighted by Crippen LogP contribution is 2.25. The van der Waals surface area contributed by atoms with E-state index in [4.69, 9.17) is 9.47 Å². The third-order valence-electron chi connectivity index (χ3n) is 4.14. The lowest BCUT2D eigenvalue weighted by atomic mass is 10.1. The predicted octanol–water partition coefficient (Wildman–Crippen LogP) is 5.38. The van der Waals surface area contributed by atoms with Crippen molar-refractivity contribution in [1.29, 1.82) is 0 Å². The zero-order valence-corrected chi connectivity index (χ0v) is 16.4. The Labute approximate surface area is 164 Å². The first kappa shape index (κ1) is 19.4. The number of para-hydroxylation sites is 1. The fourth-order valence-electron chi connectivity index (χ4n) is 2.92. The summed E-state index contributed by atoms with van der Waals surface area (Å²) in [7, 11) is 1.36. The Kier molecular flexibility index (Phi) is 5.36. The molecule has 0 amide bonds. The molecule has 2 aromatic carbocycles. The molecule has 0 saturated heterocycles. The van der Waals surface area contributed by atoms with E-state index in [2.05, 4.69) is 0 Å². The quantitative estimate of drug-likeness (QED) is 0.575. The first-order chi connectivity index (χ1) is 13.3. The molecule has 0 aliphatic carbocycles. The van der Waals surface area contributed by atoms with Crippen molar-refractivity contribution in [1.82, 2.24) is 4.57 Å². The van der Waals surface area contributed by atoms with Crippen molar-refractivity contribution in [2.45, 2.75) is 26.4 Å². The van der Waals surface area contributed by atoms with E-state index in [1.807, 2.05) is 69.3 Å². The number of ether oxygens (including phenoxy) is 2. The lowest BCUT2D eigenvalue weighted by Crippen LogP contribution is -2.26. The molecule has 0 fully saturated rings. The third-order valence-corrected chi connectivity index (χ3v) is 4.14. The summed E-state index contributed by atoms with van der Waals surface area (Å²) in [6.07, 6.45) is 5.03. The molecule has 0 bridgehead atoms. The Balaban J connectivity index is 2.03. The van der Waals surface area contributed by atoms with Crippen molar-refractivity contribution in [3.05, 3.63) is 71.4 Å².